The summed E-state index contributed by atoms with van der Waals surface area (Å²) in [6.45, 7) is 4.32. The number of ether oxygens (including phenoxy) is 2. The Labute approximate surface area is 173 Å². The molecule has 6 nitrogen and oxygen atoms in total. The number of halogens is 2. The third-order valence-electron chi connectivity index (χ3n) is 3.42. The van der Waals surface area contributed by atoms with E-state index in [0.717, 1.165) is 10.6 Å². The first-order chi connectivity index (χ1) is 11.7. The molecule has 1 aromatic heterocycles. The fourth-order valence-corrected chi connectivity index (χ4v) is 3.33. The number of nitrogens with one attached hydrogen (secondary N) is 2. The molecule has 0 fully saturated rings. The van der Waals surface area contributed by atoms with Crippen molar-refractivity contribution in [3.05, 3.63) is 38.8 Å². The molecule has 0 saturated carbocycles. The summed E-state index contributed by atoms with van der Waals surface area (Å²) in [5, 5.41) is 8.09. The van der Waals surface area contributed by atoms with E-state index in [9.17, 15) is 0 Å². The summed E-state index contributed by atoms with van der Waals surface area (Å²) in [5.41, 5.74) is 0.997. The minimum atomic E-state index is 0. The van der Waals surface area contributed by atoms with Gasteiger partial charge in [-0.1, -0.05) is 11.6 Å². The third-order valence-corrected chi connectivity index (χ3v) is 4.61. The minimum absolute atomic E-state index is 0. The number of benzene rings is 1. The first-order valence-electron chi connectivity index (χ1n) is 7.59. The maximum absolute atomic E-state index is 6.25. The number of aryl methyl sites for hydroxylation is 1. The van der Waals surface area contributed by atoms with E-state index in [1.807, 2.05) is 25.3 Å². The van der Waals surface area contributed by atoms with Crippen LogP contribution in [-0.4, -0.2) is 31.2 Å². The van der Waals surface area contributed by atoms with Crippen molar-refractivity contribution >= 4 is 52.9 Å². The Morgan fingerprint density at radius 1 is 1.28 bits per heavy atom. The Balaban J connectivity index is 0.00000225. The molecule has 0 radical (unpaired) electrons. The van der Waals surface area contributed by atoms with Crippen LogP contribution in [0.3, 0.4) is 0 Å². The number of aromatic nitrogens is 1. The molecule has 2 heterocycles. The molecule has 0 amide bonds. The van der Waals surface area contributed by atoms with Crippen LogP contribution < -0.4 is 20.1 Å². The van der Waals surface area contributed by atoms with Crippen molar-refractivity contribution < 1.29 is 9.47 Å². The molecule has 9 heteroatoms. The molecule has 0 atom stereocenters. The van der Waals surface area contributed by atoms with Crippen LogP contribution in [0.4, 0.5) is 0 Å². The molecule has 136 valence electrons. The van der Waals surface area contributed by atoms with Crippen molar-refractivity contribution in [2.24, 2.45) is 4.99 Å². The summed E-state index contributed by atoms with van der Waals surface area (Å²) in [5.74, 6) is 2.01. The molecule has 0 unspecified atom stereocenters. The lowest BCUT2D eigenvalue weighted by Crippen LogP contribution is -2.36. The molecule has 1 aromatic carbocycles. The maximum atomic E-state index is 6.25. The lowest BCUT2D eigenvalue weighted by molar-refractivity contribution is 0.171. The molecule has 0 saturated heterocycles. The number of hydrogen-bond donors (Lipinski definition) is 2. The van der Waals surface area contributed by atoms with Gasteiger partial charge in [0, 0.05) is 24.7 Å². The molecule has 0 aliphatic carbocycles. The zero-order valence-electron chi connectivity index (χ0n) is 14.0. The maximum Gasteiger partial charge on any atom is 0.191 e. The van der Waals surface area contributed by atoms with Gasteiger partial charge < -0.3 is 20.1 Å². The highest BCUT2D eigenvalue weighted by atomic mass is 127. The van der Waals surface area contributed by atoms with E-state index < -0.39 is 0 Å². The molecule has 1 aliphatic rings. The molecule has 2 N–H and O–H groups in total. The quantitative estimate of drug-likeness (QED) is 0.388. The van der Waals surface area contributed by atoms with Crippen LogP contribution in [0.2, 0.25) is 5.02 Å². The minimum Gasteiger partial charge on any atom is -0.486 e. The van der Waals surface area contributed by atoms with Crippen LogP contribution in [0.15, 0.2) is 23.3 Å². The van der Waals surface area contributed by atoms with Gasteiger partial charge in [0.25, 0.3) is 0 Å². The van der Waals surface area contributed by atoms with Gasteiger partial charge in [0.1, 0.15) is 18.2 Å². The first kappa shape index (κ1) is 20.1. The SMILES string of the molecule is CN=C(NCc1cc(Cl)c2c(c1)OCCO2)NCc1ncc(C)s1.I. The number of thiazole rings is 1. The van der Waals surface area contributed by atoms with Crippen molar-refractivity contribution in [3.63, 3.8) is 0 Å². The Hall–Kier alpha value is -1.26. The predicted octanol–water partition coefficient (Wildman–Crippen LogP) is 3.36. The van der Waals surface area contributed by atoms with Gasteiger partial charge in [-0.3, -0.25) is 4.99 Å². The second-order valence-electron chi connectivity index (χ2n) is 5.25. The van der Waals surface area contributed by atoms with E-state index in [-0.39, 0.29) is 24.0 Å². The van der Waals surface area contributed by atoms with E-state index in [0.29, 0.717) is 48.8 Å². The highest BCUT2D eigenvalue weighted by Gasteiger charge is 2.16. The van der Waals surface area contributed by atoms with Crippen LogP contribution in [0.25, 0.3) is 0 Å². The summed E-state index contributed by atoms with van der Waals surface area (Å²) < 4.78 is 11.1. The van der Waals surface area contributed by atoms with Crippen LogP contribution in [-0.2, 0) is 13.1 Å². The Morgan fingerprint density at radius 3 is 2.76 bits per heavy atom. The van der Waals surface area contributed by atoms with E-state index in [2.05, 4.69) is 20.6 Å². The van der Waals surface area contributed by atoms with Crippen LogP contribution in [0.1, 0.15) is 15.4 Å². The van der Waals surface area contributed by atoms with Crippen LogP contribution in [0.5, 0.6) is 11.5 Å². The largest absolute Gasteiger partial charge is 0.486 e. The van der Waals surface area contributed by atoms with Crippen LogP contribution in [0, 0.1) is 6.92 Å². The van der Waals surface area contributed by atoms with E-state index in [1.165, 1.54) is 4.88 Å². The Bertz CT molecular complexity index is 754. The van der Waals surface area contributed by atoms with Gasteiger partial charge in [-0.15, -0.1) is 35.3 Å². The summed E-state index contributed by atoms with van der Waals surface area (Å²) in [6.07, 6.45) is 1.87. The van der Waals surface area contributed by atoms with Crippen molar-refractivity contribution in [2.75, 3.05) is 20.3 Å². The molecular formula is C16H20ClIN4O2S. The molecule has 25 heavy (non-hydrogen) atoms. The van der Waals surface area contributed by atoms with Gasteiger partial charge in [0.15, 0.2) is 17.5 Å². The lowest BCUT2D eigenvalue weighted by atomic mass is 10.2. The molecular weight excluding hydrogens is 475 g/mol. The fraction of sp³-hybridized carbons (Fsp3) is 0.375. The molecule has 2 aromatic rings. The zero-order chi connectivity index (χ0) is 16.9. The smallest absolute Gasteiger partial charge is 0.191 e. The van der Waals surface area contributed by atoms with E-state index >= 15 is 0 Å². The van der Waals surface area contributed by atoms with Crippen molar-refractivity contribution in [1.29, 1.82) is 0 Å². The zero-order valence-corrected chi connectivity index (χ0v) is 17.9. The highest BCUT2D eigenvalue weighted by Crippen LogP contribution is 2.38. The summed E-state index contributed by atoms with van der Waals surface area (Å²) in [6, 6.07) is 3.81. The molecule has 3 rings (SSSR count). The second-order valence-corrected chi connectivity index (χ2v) is 6.97. The standard InChI is InChI=1S/C16H19ClN4O2S.HI/c1-10-7-19-14(24-10)9-21-16(18-2)20-8-11-5-12(17)15-13(6-11)22-3-4-23-15;/h5-7H,3-4,8-9H2,1-2H3,(H2,18,20,21);1H. The fourth-order valence-electron chi connectivity index (χ4n) is 2.32. The number of fused-ring (bicyclic) bond motifs is 1. The molecule has 1 aliphatic heterocycles. The third kappa shape index (κ3) is 5.35. The summed E-state index contributed by atoms with van der Waals surface area (Å²) in [4.78, 5) is 9.74. The van der Waals surface area contributed by atoms with Gasteiger partial charge in [0.05, 0.1) is 11.6 Å². The van der Waals surface area contributed by atoms with E-state index in [4.69, 9.17) is 21.1 Å². The number of nitrogens with zero attached hydrogens (tertiary/aromatic N) is 2. The highest BCUT2D eigenvalue weighted by molar-refractivity contribution is 14.0. The number of rotatable bonds is 4. The summed E-state index contributed by atoms with van der Waals surface area (Å²) in [7, 11) is 1.74. The van der Waals surface area contributed by atoms with Crippen LogP contribution >= 0.6 is 46.9 Å². The van der Waals surface area contributed by atoms with Gasteiger partial charge >= 0.3 is 0 Å². The van der Waals surface area contributed by atoms with Gasteiger partial charge in [-0.2, -0.15) is 0 Å². The average molecular weight is 495 g/mol. The number of guanidine groups is 1. The molecule has 0 bridgehead atoms. The van der Waals surface area contributed by atoms with Gasteiger partial charge in [-0.05, 0) is 24.6 Å². The molecule has 0 spiro atoms. The number of aliphatic imine (C=N–C) groups is 1. The lowest BCUT2D eigenvalue weighted by Gasteiger charge is -2.20. The van der Waals surface area contributed by atoms with Crippen molar-refractivity contribution in [2.45, 2.75) is 20.0 Å². The van der Waals surface area contributed by atoms with Gasteiger partial charge in [0.2, 0.25) is 0 Å². The summed E-state index contributed by atoms with van der Waals surface area (Å²) >= 11 is 7.92. The van der Waals surface area contributed by atoms with Gasteiger partial charge in [-0.25, -0.2) is 4.98 Å². The predicted molar refractivity (Wildman–Crippen MR) is 112 cm³/mol. The first-order valence-corrected chi connectivity index (χ1v) is 8.79. The Morgan fingerprint density at radius 2 is 2.04 bits per heavy atom. The average Bonchev–Trinajstić information content (AvgIpc) is 3.00. The second kappa shape index (κ2) is 9.44. The van der Waals surface area contributed by atoms with E-state index in [1.54, 1.807) is 18.4 Å². The van der Waals surface area contributed by atoms with Crippen molar-refractivity contribution in [3.8, 4) is 11.5 Å². The topological polar surface area (TPSA) is 67.8 Å². The van der Waals surface area contributed by atoms with Crippen molar-refractivity contribution in [1.82, 2.24) is 15.6 Å². The Kier molecular flexibility index (Phi) is 7.57. The number of hydrogen-bond acceptors (Lipinski definition) is 5. The monoisotopic (exact) mass is 494 g/mol. The normalized spacial score (nSPS) is 13.2.